The Hall–Kier alpha value is -0.540. The average Bonchev–Trinajstić information content (AvgIpc) is 2.41. The van der Waals surface area contributed by atoms with E-state index in [4.69, 9.17) is 0 Å². The molecule has 0 aliphatic heterocycles. The molecule has 108 valence electrons. The summed E-state index contributed by atoms with van der Waals surface area (Å²) in [5, 5.41) is 3.45. The Morgan fingerprint density at radius 1 is 1.26 bits per heavy atom. The molecular formula is C16H27BrN2. The lowest BCUT2D eigenvalue weighted by atomic mass is 10.1. The van der Waals surface area contributed by atoms with Crippen molar-refractivity contribution in [3.63, 3.8) is 0 Å². The maximum atomic E-state index is 3.73. The van der Waals surface area contributed by atoms with E-state index >= 15 is 0 Å². The number of hydrogen-bond acceptors (Lipinski definition) is 2. The van der Waals surface area contributed by atoms with Crippen molar-refractivity contribution in [3.8, 4) is 0 Å². The van der Waals surface area contributed by atoms with Crippen molar-refractivity contribution in [3.05, 3.63) is 28.2 Å². The third-order valence-corrected chi connectivity index (χ3v) is 4.12. The van der Waals surface area contributed by atoms with Gasteiger partial charge in [0, 0.05) is 23.6 Å². The molecule has 0 aliphatic carbocycles. The summed E-state index contributed by atoms with van der Waals surface area (Å²) < 4.78 is 1.20. The van der Waals surface area contributed by atoms with Crippen molar-refractivity contribution < 1.29 is 0 Å². The summed E-state index contributed by atoms with van der Waals surface area (Å²) in [4.78, 5) is 2.44. The van der Waals surface area contributed by atoms with Gasteiger partial charge in [-0.25, -0.2) is 0 Å². The van der Waals surface area contributed by atoms with Gasteiger partial charge in [0.25, 0.3) is 0 Å². The summed E-state index contributed by atoms with van der Waals surface area (Å²) >= 11 is 3.73. The molecule has 0 saturated carbocycles. The van der Waals surface area contributed by atoms with E-state index in [2.05, 4.69) is 72.0 Å². The van der Waals surface area contributed by atoms with E-state index in [1.807, 2.05) is 0 Å². The molecule has 2 nitrogen and oxygen atoms in total. The highest BCUT2D eigenvalue weighted by Crippen LogP contribution is 2.29. The van der Waals surface area contributed by atoms with Crippen LogP contribution in [0.15, 0.2) is 22.7 Å². The topological polar surface area (TPSA) is 15.3 Å². The van der Waals surface area contributed by atoms with Gasteiger partial charge in [-0.2, -0.15) is 0 Å². The van der Waals surface area contributed by atoms with Crippen molar-refractivity contribution in [1.82, 2.24) is 5.32 Å². The Morgan fingerprint density at radius 3 is 2.53 bits per heavy atom. The van der Waals surface area contributed by atoms with Crippen LogP contribution in [0.3, 0.4) is 0 Å². The van der Waals surface area contributed by atoms with E-state index in [0.717, 1.165) is 19.6 Å². The average molecular weight is 327 g/mol. The lowest BCUT2D eigenvalue weighted by molar-refractivity contribution is 0.598. The van der Waals surface area contributed by atoms with Gasteiger partial charge >= 0.3 is 0 Å². The molecule has 1 aromatic carbocycles. The van der Waals surface area contributed by atoms with Crippen molar-refractivity contribution in [2.24, 2.45) is 0 Å². The first-order valence-electron chi connectivity index (χ1n) is 7.41. The number of unbranched alkanes of at least 4 members (excludes halogenated alkanes) is 1. The van der Waals surface area contributed by atoms with Gasteiger partial charge in [-0.05, 0) is 60.4 Å². The largest absolute Gasteiger partial charge is 0.371 e. The maximum Gasteiger partial charge on any atom is 0.0510 e. The monoisotopic (exact) mass is 326 g/mol. The number of nitrogens with zero attached hydrogens (tertiary/aromatic N) is 1. The van der Waals surface area contributed by atoms with Crippen LogP contribution >= 0.6 is 15.9 Å². The quantitative estimate of drug-likeness (QED) is 0.741. The number of halogens is 1. The van der Waals surface area contributed by atoms with E-state index in [1.54, 1.807) is 0 Å². The number of rotatable bonds is 8. The van der Waals surface area contributed by atoms with Crippen LogP contribution in [0, 0.1) is 0 Å². The molecule has 1 atom stereocenters. The van der Waals surface area contributed by atoms with E-state index in [9.17, 15) is 0 Å². The summed E-state index contributed by atoms with van der Waals surface area (Å²) in [7, 11) is 0. The Morgan fingerprint density at radius 2 is 2.00 bits per heavy atom. The molecule has 1 unspecified atom stereocenters. The molecule has 1 rings (SSSR count). The van der Waals surface area contributed by atoms with E-state index < -0.39 is 0 Å². The van der Waals surface area contributed by atoms with Crippen LogP contribution in [0.4, 0.5) is 5.69 Å². The van der Waals surface area contributed by atoms with E-state index in [0.29, 0.717) is 6.04 Å². The number of hydrogen-bond donors (Lipinski definition) is 1. The van der Waals surface area contributed by atoms with Gasteiger partial charge in [0.2, 0.25) is 0 Å². The van der Waals surface area contributed by atoms with Crippen LogP contribution in [0.25, 0.3) is 0 Å². The van der Waals surface area contributed by atoms with Crippen LogP contribution in [-0.2, 0) is 0 Å². The van der Waals surface area contributed by atoms with Crippen molar-refractivity contribution >= 4 is 21.6 Å². The van der Waals surface area contributed by atoms with Crippen LogP contribution in [0.5, 0.6) is 0 Å². The molecule has 0 amide bonds. The highest BCUT2D eigenvalue weighted by molar-refractivity contribution is 9.10. The molecule has 0 radical (unpaired) electrons. The number of nitrogens with one attached hydrogen (secondary N) is 1. The Kier molecular flexibility index (Phi) is 7.47. The van der Waals surface area contributed by atoms with Crippen LogP contribution < -0.4 is 10.2 Å². The maximum absolute atomic E-state index is 3.73. The summed E-state index contributed by atoms with van der Waals surface area (Å²) in [5.41, 5.74) is 2.65. The summed E-state index contributed by atoms with van der Waals surface area (Å²) in [5.74, 6) is 0. The zero-order chi connectivity index (χ0) is 14.3. The third kappa shape index (κ3) is 4.81. The fourth-order valence-electron chi connectivity index (χ4n) is 2.27. The highest BCUT2D eigenvalue weighted by Gasteiger charge is 2.11. The Labute approximate surface area is 126 Å². The Bertz CT molecular complexity index is 379. The summed E-state index contributed by atoms with van der Waals surface area (Å²) in [6, 6.07) is 7.13. The fraction of sp³-hybridized carbons (Fsp3) is 0.625. The molecule has 19 heavy (non-hydrogen) atoms. The predicted molar refractivity (Wildman–Crippen MR) is 89.0 cm³/mol. The molecule has 0 fully saturated rings. The standard InChI is InChI=1S/C16H27BrN2/c1-5-8-11-19(7-3)16-10-9-14(12-15(16)17)13(4)18-6-2/h9-10,12-13,18H,5-8,11H2,1-4H3. The third-order valence-electron chi connectivity index (χ3n) is 3.49. The van der Waals surface area contributed by atoms with Gasteiger partial charge in [-0.1, -0.05) is 26.3 Å². The van der Waals surface area contributed by atoms with Gasteiger partial charge in [-0.15, -0.1) is 0 Å². The lowest BCUT2D eigenvalue weighted by Crippen LogP contribution is -2.24. The fourth-order valence-corrected chi connectivity index (χ4v) is 2.92. The second-order valence-electron chi connectivity index (χ2n) is 4.92. The molecular weight excluding hydrogens is 300 g/mol. The first-order valence-corrected chi connectivity index (χ1v) is 8.21. The van der Waals surface area contributed by atoms with E-state index in [1.165, 1.54) is 28.6 Å². The predicted octanol–water partition coefficient (Wildman–Crippen LogP) is 4.75. The highest BCUT2D eigenvalue weighted by atomic mass is 79.9. The number of benzene rings is 1. The van der Waals surface area contributed by atoms with Gasteiger partial charge in [-0.3, -0.25) is 0 Å². The molecule has 3 heteroatoms. The van der Waals surface area contributed by atoms with Gasteiger partial charge in [0.05, 0.1) is 5.69 Å². The zero-order valence-electron chi connectivity index (χ0n) is 12.7. The Balaban J connectivity index is 2.85. The first kappa shape index (κ1) is 16.5. The second kappa shape index (κ2) is 8.60. The normalized spacial score (nSPS) is 12.5. The number of anilines is 1. The van der Waals surface area contributed by atoms with E-state index in [-0.39, 0.29) is 0 Å². The first-order chi connectivity index (χ1) is 9.13. The van der Waals surface area contributed by atoms with Gasteiger partial charge in [0.15, 0.2) is 0 Å². The van der Waals surface area contributed by atoms with Crippen LogP contribution in [0.1, 0.15) is 52.1 Å². The SMILES string of the molecule is CCCCN(CC)c1ccc(C(C)NCC)cc1Br. The van der Waals surface area contributed by atoms with Gasteiger partial charge < -0.3 is 10.2 Å². The molecule has 0 heterocycles. The minimum absolute atomic E-state index is 0.404. The molecule has 1 aromatic rings. The zero-order valence-corrected chi connectivity index (χ0v) is 14.3. The molecule has 0 bridgehead atoms. The second-order valence-corrected chi connectivity index (χ2v) is 5.78. The summed E-state index contributed by atoms with van der Waals surface area (Å²) in [6.07, 6.45) is 2.49. The lowest BCUT2D eigenvalue weighted by Gasteiger charge is -2.25. The minimum atomic E-state index is 0.404. The van der Waals surface area contributed by atoms with Crippen molar-refractivity contribution in [2.45, 2.75) is 46.6 Å². The van der Waals surface area contributed by atoms with Crippen molar-refractivity contribution in [1.29, 1.82) is 0 Å². The van der Waals surface area contributed by atoms with Crippen LogP contribution in [-0.4, -0.2) is 19.6 Å². The minimum Gasteiger partial charge on any atom is -0.371 e. The van der Waals surface area contributed by atoms with Gasteiger partial charge in [0.1, 0.15) is 0 Å². The summed E-state index contributed by atoms with van der Waals surface area (Å²) in [6.45, 7) is 12.0. The molecule has 0 aromatic heterocycles. The molecule has 0 aliphatic rings. The van der Waals surface area contributed by atoms with Crippen LogP contribution in [0.2, 0.25) is 0 Å². The van der Waals surface area contributed by atoms with Crippen molar-refractivity contribution in [2.75, 3.05) is 24.5 Å². The molecule has 1 N–H and O–H groups in total. The smallest absolute Gasteiger partial charge is 0.0510 e. The molecule has 0 saturated heterocycles. The molecule has 0 spiro atoms.